The van der Waals surface area contributed by atoms with Crippen molar-refractivity contribution in [3.05, 3.63) is 23.7 Å². The van der Waals surface area contributed by atoms with E-state index in [1.54, 1.807) is 4.63 Å². The number of hydrogen-bond acceptors (Lipinski definition) is 3. The first kappa shape index (κ1) is 9.64. The van der Waals surface area contributed by atoms with Gasteiger partial charge in [0.15, 0.2) is 5.65 Å². The summed E-state index contributed by atoms with van der Waals surface area (Å²) >= 11 is 0. The van der Waals surface area contributed by atoms with E-state index >= 15 is 0 Å². The molecule has 2 heterocycles. The van der Waals surface area contributed by atoms with Crippen molar-refractivity contribution in [3.8, 4) is 0 Å². The van der Waals surface area contributed by atoms with E-state index in [9.17, 15) is 0 Å². The van der Waals surface area contributed by atoms with E-state index in [2.05, 4.69) is 15.2 Å². The predicted molar refractivity (Wildman–Crippen MR) is 51.6 cm³/mol. The van der Waals surface area contributed by atoms with Crippen molar-refractivity contribution in [1.29, 1.82) is 0 Å². The van der Waals surface area contributed by atoms with Crippen LogP contribution in [0.15, 0.2) is 12.1 Å². The number of fused-ring (bicyclic) bond motifs is 1. The second kappa shape index (κ2) is 3.98. The third kappa shape index (κ3) is 2.02. The zero-order valence-electron chi connectivity index (χ0n) is 8.44. The van der Waals surface area contributed by atoms with E-state index < -0.39 is 0 Å². The summed E-state index contributed by atoms with van der Waals surface area (Å²) in [4.78, 5) is 4.14. The summed E-state index contributed by atoms with van der Waals surface area (Å²) in [6.07, 6.45) is 0. The fourth-order valence-corrected chi connectivity index (χ4v) is 0.977. The van der Waals surface area contributed by atoms with Gasteiger partial charge in [0.25, 0.3) is 0 Å². The molecule has 0 aliphatic heterocycles. The van der Waals surface area contributed by atoms with E-state index in [0.29, 0.717) is 0 Å². The minimum absolute atomic E-state index is 0.753. The summed E-state index contributed by atoms with van der Waals surface area (Å²) in [5.74, 6) is 0.753. The summed E-state index contributed by atoms with van der Waals surface area (Å²) in [5, 5.41) is 8.21. The van der Waals surface area contributed by atoms with Gasteiger partial charge < -0.3 is 0 Å². The highest BCUT2D eigenvalue weighted by atomic mass is 15.4. The number of hydrogen-bond donors (Lipinski definition) is 0. The van der Waals surface area contributed by atoms with Crippen LogP contribution in [0.4, 0.5) is 0 Å². The van der Waals surface area contributed by atoms with Crippen molar-refractivity contribution < 1.29 is 0 Å². The molecule has 0 bridgehead atoms. The predicted octanol–water partition coefficient (Wildman–Crippen LogP) is 1.77. The molecule has 0 fully saturated rings. The normalized spacial score (nSPS) is 9.54. The van der Waals surface area contributed by atoms with Gasteiger partial charge in [0.05, 0.1) is 5.69 Å². The van der Waals surface area contributed by atoms with Crippen molar-refractivity contribution >= 4 is 5.65 Å². The second-order valence-corrected chi connectivity index (χ2v) is 2.48. The van der Waals surface area contributed by atoms with Gasteiger partial charge in [-0.1, -0.05) is 13.8 Å². The van der Waals surface area contributed by atoms with E-state index in [-0.39, 0.29) is 0 Å². The molecule has 0 amide bonds. The number of aromatic nitrogens is 4. The first-order chi connectivity index (χ1) is 6.25. The Kier molecular flexibility index (Phi) is 2.95. The van der Waals surface area contributed by atoms with Crippen LogP contribution >= 0.6 is 0 Å². The molecule has 70 valence electrons. The maximum absolute atomic E-state index is 4.14. The standard InChI is InChI=1S/C7H8N4.C2H6/c1-5-3-4-7-8-6(2)10-11(7)9-5;1-2/h3-4H,1-2H3;1-2H3. The Morgan fingerprint density at radius 2 is 1.77 bits per heavy atom. The van der Waals surface area contributed by atoms with Crippen LogP contribution in [0.2, 0.25) is 0 Å². The van der Waals surface area contributed by atoms with Crippen LogP contribution in [0, 0.1) is 13.8 Å². The second-order valence-electron chi connectivity index (χ2n) is 2.48. The quantitative estimate of drug-likeness (QED) is 0.617. The van der Waals surface area contributed by atoms with E-state index in [0.717, 1.165) is 17.2 Å². The Balaban J connectivity index is 0.000000396. The van der Waals surface area contributed by atoms with Crippen LogP contribution < -0.4 is 0 Å². The van der Waals surface area contributed by atoms with E-state index in [1.165, 1.54) is 0 Å². The van der Waals surface area contributed by atoms with Gasteiger partial charge in [0.1, 0.15) is 5.82 Å². The summed E-state index contributed by atoms with van der Waals surface area (Å²) in [6, 6.07) is 3.83. The molecule has 0 saturated carbocycles. The highest BCUT2D eigenvalue weighted by molar-refractivity contribution is 5.35. The van der Waals surface area contributed by atoms with Crippen LogP contribution in [0.5, 0.6) is 0 Å². The lowest BCUT2D eigenvalue weighted by molar-refractivity contribution is 0.770. The highest BCUT2D eigenvalue weighted by Gasteiger charge is 1.97. The molecule has 2 aromatic rings. The first-order valence-corrected chi connectivity index (χ1v) is 4.43. The molecule has 0 aliphatic carbocycles. The zero-order valence-corrected chi connectivity index (χ0v) is 8.44. The fourth-order valence-electron chi connectivity index (χ4n) is 0.977. The largest absolute Gasteiger partial charge is 0.210 e. The molecular weight excluding hydrogens is 164 g/mol. The van der Waals surface area contributed by atoms with Crippen LogP contribution in [0.1, 0.15) is 25.4 Å². The van der Waals surface area contributed by atoms with Gasteiger partial charge in [0, 0.05) is 0 Å². The van der Waals surface area contributed by atoms with Crippen molar-refractivity contribution in [1.82, 2.24) is 19.8 Å². The Hall–Kier alpha value is -1.45. The molecule has 2 aromatic heterocycles. The number of nitrogens with zero attached hydrogens (tertiary/aromatic N) is 4. The third-order valence-electron chi connectivity index (χ3n) is 1.45. The van der Waals surface area contributed by atoms with Crippen LogP contribution in [-0.4, -0.2) is 19.8 Å². The molecule has 0 spiro atoms. The summed E-state index contributed by atoms with van der Waals surface area (Å²) < 4.78 is 1.55. The number of rotatable bonds is 0. The minimum Gasteiger partial charge on any atom is -0.210 e. The molecule has 0 radical (unpaired) electrons. The van der Waals surface area contributed by atoms with Crippen molar-refractivity contribution in [2.24, 2.45) is 0 Å². The van der Waals surface area contributed by atoms with Crippen LogP contribution in [0.3, 0.4) is 0 Å². The molecule has 0 saturated heterocycles. The lowest BCUT2D eigenvalue weighted by Gasteiger charge is -1.89. The molecule has 13 heavy (non-hydrogen) atoms. The molecule has 4 nitrogen and oxygen atoms in total. The molecule has 0 N–H and O–H groups in total. The van der Waals surface area contributed by atoms with Crippen molar-refractivity contribution in [3.63, 3.8) is 0 Å². The molecule has 0 atom stereocenters. The van der Waals surface area contributed by atoms with E-state index in [4.69, 9.17) is 0 Å². The van der Waals surface area contributed by atoms with Gasteiger partial charge in [-0.25, -0.2) is 4.98 Å². The molecule has 4 heteroatoms. The van der Waals surface area contributed by atoms with E-state index in [1.807, 2.05) is 39.8 Å². The van der Waals surface area contributed by atoms with Gasteiger partial charge in [-0.2, -0.15) is 5.10 Å². The van der Waals surface area contributed by atoms with Crippen molar-refractivity contribution in [2.75, 3.05) is 0 Å². The molecule has 2 rings (SSSR count). The highest BCUT2D eigenvalue weighted by Crippen LogP contribution is 1.98. The summed E-state index contributed by atoms with van der Waals surface area (Å²) in [5.41, 5.74) is 1.75. The lowest BCUT2D eigenvalue weighted by atomic mass is 10.4. The van der Waals surface area contributed by atoms with Gasteiger partial charge >= 0.3 is 0 Å². The molecule has 0 aromatic carbocycles. The fraction of sp³-hybridized carbons (Fsp3) is 0.444. The molecule has 0 unspecified atom stereocenters. The average Bonchev–Trinajstić information content (AvgIpc) is 2.48. The molecule has 0 aliphatic rings. The Bertz CT molecular complexity index is 391. The maximum atomic E-state index is 4.14. The van der Waals surface area contributed by atoms with Crippen LogP contribution in [0.25, 0.3) is 5.65 Å². The van der Waals surface area contributed by atoms with Gasteiger partial charge in [0.2, 0.25) is 0 Å². The Morgan fingerprint density at radius 3 is 2.46 bits per heavy atom. The topological polar surface area (TPSA) is 43.1 Å². The Morgan fingerprint density at radius 1 is 1.08 bits per heavy atom. The van der Waals surface area contributed by atoms with Crippen molar-refractivity contribution in [2.45, 2.75) is 27.7 Å². The summed E-state index contributed by atoms with van der Waals surface area (Å²) in [7, 11) is 0. The first-order valence-electron chi connectivity index (χ1n) is 4.43. The van der Waals surface area contributed by atoms with Gasteiger partial charge in [-0.15, -0.1) is 9.73 Å². The summed E-state index contributed by atoms with van der Waals surface area (Å²) in [6.45, 7) is 7.78. The number of aryl methyl sites for hydroxylation is 2. The SMILES string of the molecule is CC.Cc1ccc2nc(C)nn2n1. The monoisotopic (exact) mass is 178 g/mol. The van der Waals surface area contributed by atoms with Crippen LogP contribution in [-0.2, 0) is 0 Å². The zero-order chi connectivity index (χ0) is 9.84. The average molecular weight is 178 g/mol. The smallest absolute Gasteiger partial charge is 0.176 e. The maximum Gasteiger partial charge on any atom is 0.176 e. The lowest BCUT2D eigenvalue weighted by Crippen LogP contribution is -1.94. The molecular formula is C9H14N4. The van der Waals surface area contributed by atoms with Gasteiger partial charge in [-0.05, 0) is 26.0 Å². The third-order valence-corrected chi connectivity index (χ3v) is 1.45. The minimum atomic E-state index is 0.753. The van der Waals surface area contributed by atoms with Gasteiger partial charge in [-0.3, -0.25) is 0 Å². The Labute approximate surface area is 77.6 Å².